The Bertz CT molecular complexity index is 452. The summed E-state index contributed by atoms with van der Waals surface area (Å²) in [4.78, 5) is 21.8. The van der Waals surface area contributed by atoms with Gasteiger partial charge >= 0.3 is 5.97 Å². The van der Waals surface area contributed by atoms with Crippen LogP contribution in [0.2, 0.25) is 5.02 Å². The average molecular weight is 299 g/mol. The van der Waals surface area contributed by atoms with Gasteiger partial charge in [-0.3, -0.25) is 9.59 Å². The summed E-state index contributed by atoms with van der Waals surface area (Å²) in [5.74, 6) is -0.917. The number of carbonyl (C=O) groups is 2. The molecule has 5 nitrogen and oxygen atoms in total. The summed E-state index contributed by atoms with van der Waals surface area (Å²) in [5, 5.41) is 14.8. The lowest BCUT2D eigenvalue weighted by atomic mass is 10.1. The predicted molar refractivity (Wildman–Crippen MR) is 77.9 cm³/mol. The molecule has 0 aliphatic heterocycles. The number of amides is 1. The zero-order valence-electron chi connectivity index (χ0n) is 11.2. The molecule has 0 unspecified atom stereocenters. The number of halogens is 1. The molecule has 6 heteroatoms. The van der Waals surface area contributed by atoms with Crippen LogP contribution in [-0.2, 0) is 16.0 Å². The van der Waals surface area contributed by atoms with Crippen LogP contribution in [0.5, 0.6) is 0 Å². The van der Waals surface area contributed by atoms with Crippen LogP contribution in [0.4, 0.5) is 0 Å². The Morgan fingerprint density at radius 2 is 2.05 bits per heavy atom. The van der Waals surface area contributed by atoms with E-state index in [2.05, 4.69) is 10.6 Å². The lowest BCUT2D eigenvalue weighted by molar-refractivity contribution is -0.137. The minimum Gasteiger partial charge on any atom is -0.481 e. The smallest absolute Gasteiger partial charge is 0.303 e. The van der Waals surface area contributed by atoms with Gasteiger partial charge in [0.1, 0.15) is 0 Å². The zero-order valence-corrected chi connectivity index (χ0v) is 11.9. The molecule has 3 N–H and O–H groups in total. The first kappa shape index (κ1) is 16.5. The maximum absolute atomic E-state index is 11.5. The summed E-state index contributed by atoms with van der Waals surface area (Å²) >= 11 is 5.87. The van der Waals surface area contributed by atoms with Crippen LogP contribution in [0, 0.1) is 0 Å². The minimum absolute atomic E-state index is 0.0950. The summed E-state index contributed by atoms with van der Waals surface area (Å²) in [7, 11) is 0. The van der Waals surface area contributed by atoms with Crippen LogP contribution in [-0.4, -0.2) is 36.6 Å². The molecule has 0 atom stereocenters. The fourth-order valence-corrected chi connectivity index (χ4v) is 1.88. The second kappa shape index (κ2) is 9.34. The second-order valence-electron chi connectivity index (χ2n) is 4.40. The summed E-state index contributed by atoms with van der Waals surface area (Å²) < 4.78 is 0. The highest BCUT2D eigenvalue weighted by Crippen LogP contribution is 2.10. The van der Waals surface area contributed by atoms with Gasteiger partial charge in [-0.15, -0.1) is 0 Å². The Balaban J connectivity index is 2.07. The van der Waals surface area contributed by atoms with Crippen molar-refractivity contribution in [1.29, 1.82) is 0 Å². The van der Waals surface area contributed by atoms with Crippen LogP contribution in [0.25, 0.3) is 0 Å². The van der Waals surface area contributed by atoms with Gasteiger partial charge in [-0.05, 0) is 37.1 Å². The summed E-state index contributed by atoms with van der Waals surface area (Å²) in [6, 6.07) is 7.52. The standard InChI is InChI=1S/C14H19ClN2O3/c15-12-4-1-3-11(9-12)6-8-17-13(18)10-16-7-2-5-14(19)20/h1,3-4,9,16H,2,5-8,10H2,(H,17,18)(H,19,20). The molecule has 0 aliphatic rings. The molecule has 0 radical (unpaired) electrons. The van der Waals surface area contributed by atoms with Gasteiger partial charge < -0.3 is 15.7 Å². The molecule has 0 heterocycles. The molecule has 0 bridgehead atoms. The summed E-state index contributed by atoms with van der Waals surface area (Å²) in [6.07, 6.45) is 1.36. The number of rotatable bonds is 9. The van der Waals surface area contributed by atoms with E-state index in [4.69, 9.17) is 16.7 Å². The molecule has 110 valence electrons. The van der Waals surface area contributed by atoms with Gasteiger partial charge in [0.15, 0.2) is 0 Å². The number of nitrogens with one attached hydrogen (secondary N) is 2. The quantitative estimate of drug-likeness (QED) is 0.603. The number of hydrogen-bond donors (Lipinski definition) is 3. The molecule has 1 aromatic rings. The Morgan fingerprint density at radius 1 is 1.25 bits per heavy atom. The molecular formula is C14H19ClN2O3. The molecule has 0 spiro atoms. The molecule has 0 aliphatic carbocycles. The molecule has 1 amide bonds. The van der Waals surface area contributed by atoms with Gasteiger partial charge in [-0.2, -0.15) is 0 Å². The first-order chi connectivity index (χ1) is 9.58. The van der Waals surface area contributed by atoms with Crippen LogP contribution in [0.15, 0.2) is 24.3 Å². The normalized spacial score (nSPS) is 10.2. The Kier molecular flexibility index (Phi) is 7.69. The first-order valence-electron chi connectivity index (χ1n) is 6.51. The van der Waals surface area contributed by atoms with E-state index in [1.807, 2.05) is 24.3 Å². The summed E-state index contributed by atoms with van der Waals surface area (Å²) in [6.45, 7) is 1.28. The van der Waals surface area contributed by atoms with Crippen LogP contribution >= 0.6 is 11.6 Å². The van der Waals surface area contributed by atoms with Gasteiger partial charge in [0, 0.05) is 18.0 Å². The lowest BCUT2D eigenvalue weighted by Crippen LogP contribution is -2.35. The van der Waals surface area contributed by atoms with Gasteiger partial charge in [0.25, 0.3) is 0 Å². The van der Waals surface area contributed by atoms with Gasteiger partial charge in [-0.1, -0.05) is 23.7 Å². The van der Waals surface area contributed by atoms with E-state index in [0.717, 1.165) is 12.0 Å². The summed E-state index contributed by atoms with van der Waals surface area (Å²) in [5.41, 5.74) is 1.08. The molecule has 0 fully saturated rings. The van der Waals surface area contributed by atoms with E-state index in [1.54, 1.807) is 0 Å². The van der Waals surface area contributed by atoms with E-state index in [9.17, 15) is 9.59 Å². The number of aliphatic carboxylic acids is 1. The molecule has 20 heavy (non-hydrogen) atoms. The fourth-order valence-electron chi connectivity index (χ4n) is 1.67. The predicted octanol–water partition coefficient (Wildman–Crippen LogP) is 1.45. The molecule has 0 aromatic heterocycles. The van der Waals surface area contributed by atoms with Crippen molar-refractivity contribution in [3.8, 4) is 0 Å². The Labute approximate surface area is 123 Å². The van der Waals surface area contributed by atoms with E-state index in [0.29, 0.717) is 24.5 Å². The van der Waals surface area contributed by atoms with Crippen molar-refractivity contribution in [1.82, 2.24) is 10.6 Å². The fraction of sp³-hybridized carbons (Fsp3) is 0.429. The number of carboxylic acids is 1. The largest absolute Gasteiger partial charge is 0.481 e. The third-order valence-corrected chi connectivity index (χ3v) is 2.89. The average Bonchev–Trinajstić information content (AvgIpc) is 2.38. The maximum atomic E-state index is 11.5. The molecule has 0 saturated heterocycles. The van der Waals surface area contributed by atoms with Crippen molar-refractivity contribution in [3.05, 3.63) is 34.9 Å². The van der Waals surface area contributed by atoms with Crippen molar-refractivity contribution in [2.45, 2.75) is 19.3 Å². The SMILES string of the molecule is O=C(O)CCCNCC(=O)NCCc1cccc(Cl)c1. The molecule has 0 saturated carbocycles. The van der Waals surface area contributed by atoms with E-state index < -0.39 is 5.97 Å². The van der Waals surface area contributed by atoms with Crippen LogP contribution in [0.3, 0.4) is 0 Å². The highest BCUT2D eigenvalue weighted by Gasteiger charge is 2.01. The van der Waals surface area contributed by atoms with Gasteiger partial charge in [0.2, 0.25) is 5.91 Å². The second-order valence-corrected chi connectivity index (χ2v) is 4.84. The minimum atomic E-state index is -0.822. The molecular weight excluding hydrogens is 280 g/mol. The highest BCUT2D eigenvalue weighted by molar-refractivity contribution is 6.30. The lowest BCUT2D eigenvalue weighted by Gasteiger charge is -2.06. The van der Waals surface area contributed by atoms with E-state index >= 15 is 0 Å². The van der Waals surface area contributed by atoms with Gasteiger partial charge in [-0.25, -0.2) is 0 Å². The van der Waals surface area contributed by atoms with Crippen LogP contribution < -0.4 is 10.6 Å². The number of hydrogen-bond acceptors (Lipinski definition) is 3. The number of carbonyl (C=O) groups excluding carboxylic acids is 1. The molecule has 1 aromatic carbocycles. The monoisotopic (exact) mass is 298 g/mol. The number of benzene rings is 1. The van der Waals surface area contributed by atoms with Crippen molar-refractivity contribution in [3.63, 3.8) is 0 Å². The first-order valence-corrected chi connectivity index (χ1v) is 6.89. The van der Waals surface area contributed by atoms with Crippen LogP contribution in [0.1, 0.15) is 18.4 Å². The van der Waals surface area contributed by atoms with Crippen molar-refractivity contribution < 1.29 is 14.7 Å². The van der Waals surface area contributed by atoms with E-state index in [1.165, 1.54) is 0 Å². The maximum Gasteiger partial charge on any atom is 0.303 e. The van der Waals surface area contributed by atoms with Crippen molar-refractivity contribution >= 4 is 23.5 Å². The third kappa shape index (κ3) is 7.76. The zero-order chi connectivity index (χ0) is 14.8. The topological polar surface area (TPSA) is 78.4 Å². The molecule has 1 rings (SSSR count). The van der Waals surface area contributed by atoms with Crippen molar-refractivity contribution in [2.24, 2.45) is 0 Å². The third-order valence-electron chi connectivity index (χ3n) is 2.65. The Hall–Kier alpha value is -1.59. The van der Waals surface area contributed by atoms with Gasteiger partial charge in [0.05, 0.1) is 6.54 Å². The van der Waals surface area contributed by atoms with Crippen molar-refractivity contribution in [2.75, 3.05) is 19.6 Å². The Morgan fingerprint density at radius 3 is 2.75 bits per heavy atom. The van der Waals surface area contributed by atoms with E-state index in [-0.39, 0.29) is 18.9 Å². The number of carboxylic acid groups (broad SMARTS) is 1. The highest BCUT2D eigenvalue weighted by atomic mass is 35.5.